The van der Waals surface area contributed by atoms with E-state index in [1.807, 2.05) is 0 Å². The molecule has 3 heterocycles. The molecule has 2 amide bonds. The number of carbonyl (C=O) groups excluding carboxylic acids is 2. The van der Waals surface area contributed by atoms with Crippen molar-refractivity contribution in [3.8, 4) is 5.75 Å². The molecule has 1 unspecified atom stereocenters. The first-order chi connectivity index (χ1) is 8.25. The van der Waals surface area contributed by atoms with Gasteiger partial charge in [0, 0.05) is 6.20 Å². The van der Waals surface area contributed by atoms with Crippen LogP contribution in [0.25, 0.3) is 0 Å². The zero-order chi connectivity index (χ0) is 11.8. The third kappa shape index (κ3) is 1.55. The zero-order valence-corrected chi connectivity index (χ0v) is 8.75. The van der Waals surface area contributed by atoms with Crippen LogP contribution in [0.3, 0.4) is 0 Å². The summed E-state index contributed by atoms with van der Waals surface area (Å²) >= 11 is 0. The Morgan fingerprint density at radius 3 is 3.12 bits per heavy atom. The molecule has 17 heavy (non-hydrogen) atoms. The number of fused-ring (bicyclic) bond motifs is 1. The van der Waals surface area contributed by atoms with Crippen molar-refractivity contribution in [3.05, 3.63) is 18.3 Å². The van der Waals surface area contributed by atoms with Gasteiger partial charge < -0.3 is 14.8 Å². The van der Waals surface area contributed by atoms with Crippen LogP contribution < -0.4 is 10.1 Å². The average Bonchev–Trinajstić information content (AvgIpc) is 2.74. The van der Waals surface area contributed by atoms with E-state index in [9.17, 15) is 9.59 Å². The number of amides is 2. The number of carbonyl (C=O) groups is 2. The molecule has 0 spiro atoms. The van der Waals surface area contributed by atoms with Crippen LogP contribution in [-0.4, -0.2) is 41.3 Å². The molecule has 0 aromatic carbocycles. The fourth-order valence-electron chi connectivity index (χ4n) is 1.76. The van der Waals surface area contributed by atoms with E-state index in [1.165, 1.54) is 4.90 Å². The normalized spacial score (nSPS) is 22.6. The number of rotatable bonds is 1. The minimum absolute atomic E-state index is 0.270. The van der Waals surface area contributed by atoms with E-state index in [0.717, 1.165) is 0 Å². The highest BCUT2D eigenvalue weighted by atomic mass is 16.6. The Balaban J connectivity index is 1.89. The summed E-state index contributed by atoms with van der Waals surface area (Å²) in [6.07, 6.45) is 0.0200. The van der Waals surface area contributed by atoms with Crippen molar-refractivity contribution in [2.24, 2.45) is 0 Å². The van der Waals surface area contributed by atoms with Crippen molar-refractivity contribution in [1.82, 2.24) is 9.88 Å². The number of pyridine rings is 1. The van der Waals surface area contributed by atoms with Gasteiger partial charge in [-0.3, -0.25) is 9.69 Å². The average molecular weight is 235 g/mol. The van der Waals surface area contributed by atoms with Gasteiger partial charge in [-0.15, -0.1) is 0 Å². The third-order valence-electron chi connectivity index (χ3n) is 2.55. The zero-order valence-electron chi connectivity index (χ0n) is 8.75. The third-order valence-corrected chi connectivity index (χ3v) is 2.55. The second-order valence-corrected chi connectivity index (χ2v) is 3.62. The van der Waals surface area contributed by atoms with Crippen LogP contribution in [0.1, 0.15) is 0 Å². The van der Waals surface area contributed by atoms with Crippen molar-refractivity contribution >= 4 is 17.8 Å². The minimum atomic E-state index is -0.985. The molecule has 1 saturated heterocycles. The first-order valence-electron chi connectivity index (χ1n) is 5.11. The number of hydrogen-bond acceptors (Lipinski definition) is 5. The van der Waals surface area contributed by atoms with Crippen molar-refractivity contribution in [3.63, 3.8) is 0 Å². The SMILES string of the molecule is O=C1Nc2ncccc2OC1N1CCOC1=O. The monoisotopic (exact) mass is 235 g/mol. The fourth-order valence-corrected chi connectivity index (χ4v) is 1.76. The van der Waals surface area contributed by atoms with Gasteiger partial charge in [-0.25, -0.2) is 9.78 Å². The number of anilines is 1. The van der Waals surface area contributed by atoms with Crippen LogP contribution in [0.5, 0.6) is 5.75 Å². The lowest BCUT2D eigenvalue weighted by atomic mass is 10.3. The van der Waals surface area contributed by atoms with Gasteiger partial charge in [0.1, 0.15) is 6.61 Å². The van der Waals surface area contributed by atoms with E-state index in [4.69, 9.17) is 9.47 Å². The highest BCUT2D eigenvalue weighted by molar-refractivity contribution is 5.98. The van der Waals surface area contributed by atoms with Gasteiger partial charge in [0.25, 0.3) is 12.1 Å². The summed E-state index contributed by atoms with van der Waals surface area (Å²) in [5.41, 5.74) is 0. The molecule has 1 aromatic rings. The Morgan fingerprint density at radius 1 is 1.47 bits per heavy atom. The summed E-state index contributed by atoms with van der Waals surface area (Å²) in [6.45, 7) is 0.610. The summed E-state index contributed by atoms with van der Waals surface area (Å²) < 4.78 is 10.2. The van der Waals surface area contributed by atoms with Gasteiger partial charge in [0.2, 0.25) is 0 Å². The molecule has 88 valence electrons. The van der Waals surface area contributed by atoms with E-state index in [0.29, 0.717) is 18.1 Å². The standard InChI is InChI=1S/C10H9N3O4/c14-8-9(13-4-5-16-10(13)15)17-6-2-1-3-11-7(6)12-8/h1-3,9H,4-5H2,(H,11,12,14). The Kier molecular flexibility index (Phi) is 2.10. The Bertz CT molecular complexity index is 490. The van der Waals surface area contributed by atoms with E-state index >= 15 is 0 Å². The van der Waals surface area contributed by atoms with Crippen LogP contribution in [-0.2, 0) is 9.53 Å². The van der Waals surface area contributed by atoms with Gasteiger partial charge in [-0.2, -0.15) is 0 Å². The molecule has 1 fully saturated rings. The van der Waals surface area contributed by atoms with E-state index < -0.39 is 18.2 Å². The summed E-state index contributed by atoms with van der Waals surface area (Å²) in [5.74, 6) is 0.383. The molecule has 1 atom stereocenters. The predicted octanol–water partition coefficient (Wildman–Crippen LogP) is 0.191. The first kappa shape index (κ1) is 9.88. The molecule has 3 rings (SSSR count). The summed E-state index contributed by atoms with van der Waals surface area (Å²) in [7, 11) is 0. The molecule has 1 aromatic heterocycles. The topological polar surface area (TPSA) is 80.8 Å². The molecule has 7 heteroatoms. The van der Waals surface area contributed by atoms with Gasteiger partial charge in [-0.1, -0.05) is 0 Å². The van der Waals surface area contributed by atoms with Crippen molar-refractivity contribution in [2.75, 3.05) is 18.5 Å². The highest BCUT2D eigenvalue weighted by Gasteiger charge is 2.39. The highest BCUT2D eigenvalue weighted by Crippen LogP contribution is 2.28. The van der Waals surface area contributed by atoms with Gasteiger partial charge in [0.05, 0.1) is 6.54 Å². The van der Waals surface area contributed by atoms with Gasteiger partial charge in [-0.05, 0) is 12.1 Å². The molecule has 2 aliphatic rings. The molecular weight excluding hydrogens is 226 g/mol. The lowest BCUT2D eigenvalue weighted by molar-refractivity contribution is -0.129. The van der Waals surface area contributed by atoms with E-state index in [-0.39, 0.29) is 6.61 Å². The minimum Gasteiger partial charge on any atom is -0.457 e. The number of aromatic nitrogens is 1. The smallest absolute Gasteiger partial charge is 0.413 e. The lowest BCUT2D eigenvalue weighted by Crippen LogP contribution is -2.50. The Labute approximate surface area is 96.3 Å². The lowest BCUT2D eigenvalue weighted by Gasteiger charge is -2.29. The van der Waals surface area contributed by atoms with Crippen LogP contribution in [0.2, 0.25) is 0 Å². The summed E-state index contributed by atoms with van der Waals surface area (Å²) in [4.78, 5) is 28.3. The number of nitrogens with zero attached hydrogens (tertiary/aromatic N) is 2. The Morgan fingerprint density at radius 2 is 2.35 bits per heavy atom. The van der Waals surface area contributed by atoms with E-state index in [2.05, 4.69) is 10.3 Å². The molecule has 0 bridgehead atoms. The molecule has 7 nitrogen and oxygen atoms in total. The van der Waals surface area contributed by atoms with Crippen LogP contribution >= 0.6 is 0 Å². The number of hydrogen-bond donors (Lipinski definition) is 1. The maximum atomic E-state index is 11.8. The van der Waals surface area contributed by atoms with Gasteiger partial charge >= 0.3 is 6.09 Å². The molecule has 0 radical (unpaired) electrons. The van der Waals surface area contributed by atoms with Crippen LogP contribution in [0.4, 0.5) is 10.6 Å². The number of cyclic esters (lactones) is 1. The van der Waals surface area contributed by atoms with Crippen molar-refractivity contribution in [1.29, 1.82) is 0 Å². The second-order valence-electron chi connectivity index (χ2n) is 3.62. The maximum Gasteiger partial charge on any atom is 0.413 e. The van der Waals surface area contributed by atoms with Crippen LogP contribution in [0.15, 0.2) is 18.3 Å². The van der Waals surface area contributed by atoms with Crippen molar-refractivity contribution < 1.29 is 19.1 Å². The van der Waals surface area contributed by atoms with E-state index in [1.54, 1.807) is 18.3 Å². The fraction of sp³-hybridized carbons (Fsp3) is 0.300. The molecule has 0 saturated carbocycles. The predicted molar refractivity (Wildman–Crippen MR) is 55.3 cm³/mol. The first-order valence-corrected chi connectivity index (χ1v) is 5.11. The molecular formula is C10H9N3O4. The quantitative estimate of drug-likeness (QED) is 0.751. The van der Waals surface area contributed by atoms with Crippen molar-refractivity contribution in [2.45, 2.75) is 6.23 Å². The van der Waals surface area contributed by atoms with Gasteiger partial charge in [0.15, 0.2) is 11.6 Å². The molecule has 2 aliphatic heterocycles. The molecule has 0 aliphatic carbocycles. The maximum absolute atomic E-state index is 11.8. The number of nitrogens with one attached hydrogen (secondary N) is 1. The number of ether oxygens (including phenoxy) is 2. The second kappa shape index (κ2) is 3.62. The van der Waals surface area contributed by atoms with Crippen LogP contribution in [0, 0.1) is 0 Å². The molecule has 1 N–H and O–H groups in total. The summed E-state index contributed by atoms with van der Waals surface area (Å²) in [5, 5.41) is 2.58. The largest absolute Gasteiger partial charge is 0.457 e. The Hall–Kier alpha value is -2.31. The summed E-state index contributed by atoms with van der Waals surface area (Å²) in [6, 6.07) is 3.37.